The van der Waals surface area contributed by atoms with Crippen molar-refractivity contribution in [2.45, 2.75) is 26.3 Å². The van der Waals surface area contributed by atoms with Crippen molar-refractivity contribution in [1.82, 2.24) is 9.78 Å². The number of aryl methyl sites for hydroxylation is 2. The van der Waals surface area contributed by atoms with Gasteiger partial charge in [0.1, 0.15) is 0 Å². The maximum atomic E-state index is 12.0. The van der Waals surface area contributed by atoms with Crippen LogP contribution in [0.2, 0.25) is 0 Å². The van der Waals surface area contributed by atoms with Gasteiger partial charge in [-0.05, 0) is 25.5 Å². The summed E-state index contributed by atoms with van der Waals surface area (Å²) in [5.41, 5.74) is 2.85. The maximum Gasteiger partial charge on any atom is 0.226 e. The first-order valence-corrected chi connectivity index (χ1v) is 6.65. The van der Waals surface area contributed by atoms with Crippen LogP contribution in [0.4, 0.5) is 11.4 Å². The predicted octanol–water partition coefficient (Wildman–Crippen LogP) is 2.56. The summed E-state index contributed by atoms with van der Waals surface area (Å²) in [6.07, 6.45) is 4.04. The third-order valence-corrected chi connectivity index (χ3v) is 3.03. The number of carbonyl (C=O) groups excluding carboxylic acids is 1. The molecule has 0 saturated heterocycles. The molecule has 2 N–H and O–H groups in total. The Kier molecular flexibility index (Phi) is 4.40. The van der Waals surface area contributed by atoms with E-state index in [4.69, 9.17) is 0 Å². The SMILES string of the molecule is Cc1ccccc1NC(=O)CC(C)Nc1cnn(C)c1. The fourth-order valence-electron chi connectivity index (χ4n) is 2.02. The summed E-state index contributed by atoms with van der Waals surface area (Å²) in [6.45, 7) is 3.96. The van der Waals surface area contributed by atoms with Crippen molar-refractivity contribution in [2.75, 3.05) is 10.6 Å². The van der Waals surface area contributed by atoms with E-state index in [0.717, 1.165) is 16.9 Å². The number of nitrogens with one attached hydrogen (secondary N) is 2. The molecular formula is C15H20N4O. The number of hydrogen-bond donors (Lipinski definition) is 2. The van der Waals surface area contributed by atoms with Crippen LogP contribution in [0.15, 0.2) is 36.7 Å². The summed E-state index contributed by atoms with van der Waals surface area (Å²) in [7, 11) is 1.86. The molecule has 1 aromatic heterocycles. The zero-order chi connectivity index (χ0) is 14.5. The lowest BCUT2D eigenvalue weighted by atomic mass is 10.2. The number of hydrogen-bond acceptors (Lipinski definition) is 3. The van der Waals surface area contributed by atoms with Gasteiger partial charge in [0, 0.05) is 31.4 Å². The zero-order valence-electron chi connectivity index (χ0n) is 12.1. The molecule has 20 heavy (non-hydrogen) atoms. The van der Waals surface area contributed by atoms with Gasteiger partial charge < -0.3 is 10.6 Å². The quantitative estimate of drug-likeness (QED) is 0.879. The maximum absolute atomic E-state index is 12.0. The van der Waals surface area contributed by atoms with Crippen LogP contribution < -0.4 is 10.6 Å². The summed E-state index contributed by atoms with van der Waals surface area (Å²) in [4.78, 5) is 12.0. The Bertz CT molecular complexity index is 591. The molecule has 0 aliphatic carbocycles. The lowest BCUT2D eigenvalue weighted by molar-refractivity contribution is -0.116. The van der Waals surface area contributed by atoms with Gasteiger partial charge in [-0.3, -0.25) is 9.48 Å². The molecule has 1 atom stereocenters. The second kappa shape index (κ2) is 6.23. The monoisotopic (exact) mass is 272 g/mol. The van der Waals surface area contributed by atoms with Gasteiger partial charge in [0.15, 0.2) is 0 Å². The molecule has 0 fully saturated rings. The van der Waals surface area contributed by atoms with Crippen LogP contribution in [-0.4, -0.2) is 21.7 Å². The Labute approximate surface area is 119 Å². The van der Waals surface area contributed by atoms with E-state index in [-0.39, 0.29) is 11.9 Å². The number of nitrogens with zero attached hydrogens (tertiary/aromatic N) is 2. The number of para-hydroxylation sites is 1. The molecular weight excluding hydrogens is 252 g/mol. The van der Waals surface area contributed by atoms with Gasteiger partial charge in [-0.1, -0.05) is 18.2 Å². The largest absolute Gasteiger partial charge is 0.380 e. The van der Waals surface area contributed by atoms with E-state index >= 15 is 0 Å². The number of amides is 1. The highest BCUT2D eigenvalue weighted by Crippen LogP contribution is 2.14. The summed E-state index contributed by atoms with van der Waals surface area (Å²) in [6, 6.07) is 7.81. The molecule has 0 spiro atoms. The Balaban J connectivity index is 1.86. The van der Waals surface area contributed by atoms with Crippen molar-refractivity contribution in [3.63, 3.8) is 0 Å². The summed E-state index contributed by atoms with van der Waals surface area (Å²) in [5.74, 6) is 0.00295. The molecule has 5 nitrogen and oxygen atoms in total. The van der Waals surface area contributed by atoms with Crippen LogP contribution in [0.5, 0.6) is 0 Å². The molecule has 1 heterocycles. The minimum Gasteiger partial charge on any atom is -0.380 e. The molecule has 0 saturated carbocycles. The van der Waals surface area contributed by atoms with Gasteiger partial charge in [-0.2, -0.15) is 5.10 Å². The van der Waals surface area contributed by atoms with Crippen molar-refractivity contribution in [3.05, 3.63) is 42.2 Å². The van der Waals surface area contributed by atoms with Gasteiger partial charge in [-0.15, -0.1) is 0 Å². The van der Waals surface area contributed by atoms with E-state index in [9.17, 15) is 4.79 Å². The van der Waals surface area contributed by atoms with E-state index in [0.29, 0.717) is 6.42 Å². The molecule has 2 aromatic rings. The number of anilines is 2. The van der Waals surface area contributed by atoms with E-state index in [1.54, 1.807) is 10.9 Å². The molecule has 1 aromatic carbocycles. The Morgan fingerprint density at radius 1 is 1.40 bits per heavy atom. The van der Waals surface area contributed by atoms with Crippen molar-refractivity contribution < 1.29 is 4.79 Å². The molecule has 0 radical (unpaired) electrons. The molecule has 106 valence electrons. The number of aromatic nitrogens is 2. The topological polar surface area (TPSA) is 59.0 Å². The van der Waals surface area contributed by atoms with Crippen molar-refractivity contribution in [1.29, 1.82) is 0 Å². The van der Waals surface area contributed by atoms with Gasteiger partial charge >= 0.3 is 0 Å². The fourth-order valence-corrected chi connectivity index (χ4v) is 2.02. The smallest absolute Gasteiger partial charge is 0.226 e. The first-order valence-electron chi connectivity index (χ1n) is 6.65. The summed E-state index contributed by atoms with van der Waals surface area (Å²) >= 11 is 0. The molecule has 0 aliphatic heterocycles. The Morgan fingerprint density at radius 3 is 2.80 bits per heavy atom. The third-order valence-electron chi connectivity index (χ3n) is 3.03. The van der Waals surface area contributed by atoms with Gasteiger partial charge in [0.2, 0.25) is 5.91 Å². The highest BCUT2D eigenvalue weighted by Gasteiger charge is 2.10. The van der Waals surface area contributed by atoms with Crippen LogP contribution in [0, 0.1) is 6.92 Å². The molecule has 0 bridgehead atoms. The van der Waals surface area contributed by atoms with Crippen LogP contribution in [0.3, 0.4) is 0 Å². The van der Waals surface area contributed by atoms with E-state index < -0.39 is 0 Å². The average Bonchev–Trinajstić information content (AvgIpc) is 2.77. The Hall–Kier alpha value is -2.30. The van der Waals surface area contributed by atoms with E-state index in [2.05, 4.69) is 15.7 Å². The molecule has 1 unspecified atom stereocenters. The first-order chi connectivity index (χ1) is 9.54. The van der Waals surface area contributed by atoms with Crippen LogP contribution >= 0.6 is 0 Å². The van der Waals surface area contributed by atoms with E-state index in [1.165, 1.54) is 0 Å². The van der Waals surface area contributed by atoms with E-state index in [1.807, 2.05) is 51.4 Å². The lowest BCUT2D eigenvalue weighted by Gasteiger charge is -2.14. The van der Waals surface area contributed by atoms with Gasteiger partial charge in [0.25, 0.3) is 0 Å². The Morgan fingerprint density at radius 2 is 2.15 bits per heavy atom. The highest BCUT2D eigenvalue weighted by molar-refractivity contribution is 5.92. The summed E-state index contributed by atoms with van der Waals surface area (Å²) in [5, 5.41) is 10.3. The standard InChI is InChI=1S/C15H20N4O/c1-11-6-4-5-7-14(11)18-15(20)8-12(2)17-13-9-16-19(3)10-13/h4-7,9-10,12,17H,8H2,1-3H3,(H,18,20). The van der Waals surface area contributed by atoms with Crippen molar-refractivity contribution in [2.24, 2.45) is 7.05 Å². The number of benzene rings is 1. The average molecular weight is 272 g/mol. The van der Waals surface area contributed by atoms with Crippen LogP contribution in [0.1, 0.15) is 18.9 Å². The zero-order valence-corrected chi connectivity index (χ0v) is 12.1. The van der Waals surface area contributed by atoms with Crippen LogP contribution in [0.25, 0.3) is 0 Å². The normalized spacial score (nSPS) is 11.9. The van der Waals surface area contributed by atoms with Crippen molar-refractivity contribution >= 4 is 17.3 Å². The lowest BCUT2D eigenvalue weighted by Crippen LogP contribution is -2.23. The van der Waals surface area contributed by atoms with Crippen LogP contribution in [-0.2, 0) is 11.8 Å². The second-order valence-corrected chi connectivity index (χ2v) is 5.02. The molecule has 0 aliphatic rings. The fraction of sp³-hybridized carbons (Fsp3) is 0.333. The second-order valence-electron chi connectivity index (χ2n) is 5.02. The predicted molar refractivity (Wildman–Crippen MR) is 80.7 cm³/mol. The first kappa shape index (κ1) is 14.1. The minimum atomic E-state index is 0.00295. The molecule has 5 heteroatoms. The number of rotatable bonds is 5. The number of carbonyl (C=O) groups is 1. The third kappa shape index (κ3) is 3.85. The highest BCUT2D eigenvalue weighted by atomic mass is 16.1. The van der Waals surface area contributed by atoms with Gasteiger partial charge in [-0.25, -0.2) is 0 Å². The van der Waals surface area contributed by atoms with Crippen molar-refractivity contribution in [3.8, 4) is 0 Å². The minimum absolute atomic E-state index is 0.00295. The van der Waals surface area contributed by atoms with Gasteiger partial charge in [0.05, 0.1) is 11.9 Å². The molecule has 2 rings (SSSR count). The summed E-state index contributed by atoms with van der Waals surface area (Å²) < 4.78 is 1.72. The molecule has 1 amide bonds.